The number of aryl methyl sites for hydroxylation is 1. The molecular weight excluding hydrogens is 374 g/mol. The summed E-state index contributed by atoms with van der Waals surface area (Å²) in [4.78, 5) is 17.2. The lowest BCUT2D eigenvalue weighted by molar-refractivity contribution is 0.102. The minimum absolute atomic E-state index is 0.0873. The summed E-state index contributed by atoms with van der Waals surface area (Å²) in [5.41, 5.74) is 2.69. The molecule has 7 heteroatoms. The third-order valence-electron chi connectivity index (χ3n) is 4.66. The summed E-state index contributed by atoms with van der Waals surface area (Å²) in [6.45, 7) is 2.04. The number of halogens is 2. The molecule has 2 aromatic carbocycles. The number of fused-ring (bicyclic) bond motifs is 1. The lowest BCUT2D eigenvalue weighted by Gasteiger charge is -2.09. The number of carbonyl (C=O) groups is 1. The summed E-state index contributed by atoms with van der Waals surface area (Å²) in [5.74, 6) is -0.456. The number of anilines is 1. The highest BCUT2D eigenvalue weighted by molar-refractivity contribution is 6.08. The minimum Gasteiger partial charge on any atom is -0.322 e. The molecule has 1 N–H and O–H groups in total. The SMILES string of the molecule is CCc1ccc(NC(=O)c2cnn3c(C(F)F)cc(-c4ccccc4)nc23)cc1. The lowest BCUT2D eigenvalue weighted by Crippen LogP contribution is -2.12. The van der Waals surface area contributed by atoms with Crippen LogP contribution in [-0.4, -0.2) is 20.5 Å². The number of nitrogens with one attached hydrogen (secondary N) is 1. The van der Waals surface area contributed by atoms with E-state index in [-0.39, 0.29) is 16.9 Å². The number of carbonyl (C=O) groups excluding carboxylic acids is 1. The van der Waals surface area contributed by atoms with Crippen LogP contribution in [0.25, 0.3) is 16.9 Å². The van der Waals surface area contributed by atoms with Gasteiger partial charge in [0.05, 0.1) is 11.9 Å². The maximum atomic E-state index is 13.6. The van der Waals surface area contributed by atoms with Crippen molar-refractivity contribution in [3.8, 4) is 11.3 Å². The number of amides is 1. The van der Waals surface area contributed by atoms with Crippen molar-refractivity contribution in [1.82, 2.24) is 14.6 Å². The first-order valence-electron chi connectivity index (χ1n) is 9.19. The van der Waals surface area contributed by atoms with Gasteiger partial charge >= 0.3 is 0 Å². The Morgan fingerprint density at radius 2 is 1.83 bits per heavy atom. The zero-order valence-corrected chi connectivity index (χ0v) is 15.6. The predicted octanol–water partition coefficient (Wildman–Crippen LogP) is 5.15. The average Bonchev–Trinajstić information content (AvgIpc) is 3.18. The topological polar surface area (TPSA) is 59.3 Å². The molecule has 2 aromatic heterocycles. The number of aromatic nitrogens is 3. The van der Waals surface area contributed by atoms with Gasteiger partial charge in [-0.25, -0.2) is 18.3 Å². The standard InChI is InChI=1S/C22H18F2N4O/c1-2-14-8-10-16(11-9-14)26-22(29)17-13-25-28-19(20(23)24)12-18(27-21(17)28)15-6-4-3-5-7-15/h3-13,20H,2H2,1H3,(H,26,29). The summed E-state index contributed by atoms with van der Waals surface area (Å²) < 4.78 is 28.3. The van der Waals surface area contributed by atoms with Gasteiger partial charge in [-0.3, -0.25) is 4.79 Å². The number of nitrogens with zero attached hydrogens (tertiary/aromatic N) is 3. The Balaban J connectivity index is 1.76. The van der Waals surface area contributed by atoms with Crippen LogP contribution in [0, 0.1) is 0 Å². The van der Waals surface area contributed by atoms with Gasteiger partial charge in [-0.05, 0) is 30.2 Å². The van der Waals surface area contributed by atoms with Gasteiger partial charge in [0.1, 0.15) is 11.3 Å². The first kappa shape index (κ1) is 18.7. The summed E-state index contributed by atoms with van der Waals surface area (Å²) in [6, 6.07) is 17.7. The van der Waals surface area contributed by atoms with Gasteiger partial charge in [0.25, 0.3) is 12.3 Å². The molecule has 29 heavy (non-hydrogen) atoms. The van der Waals surface area contributed by atoms with E-state index in [0.717, 1.165) is 16.5 Å². The van der Waals surface area contributed by atoms with Crippen LogP contribution >= 0.6 is 0 Å². The second-order valence-electron chi connectivity index (χ2n) is 6.53. The van der Waals surface area contributed by atoms with Gasteiger partial charge in [-0.15, -0.1) is 0 Å². The van der Waals surface area contributed by atoms with Crippen LogP contribution < -0.4 is 5.32 Å². The molecule has 1 amide bonds. The molecule has 0 unspecified atom stereocenters. The van der Waals surface area contributed by atoms with Crippen LogP contribution in [0.4, 0.5) is 14.5 Å². The second-order valence-corrected chi connectivity index (χ2v) is 6.53. The average molecular weight is 392 g/mol. The molecule has 4 rings (SSSR count). The third kappa shape index (κ3) is 3.71. The fourth-order valence-corrected chi connectivity index (χ4v) is 3.08. The summed E-state index contributed by atoms with van der Waals surface area (Å²) in [5, 5.41) is 6.75. The molecule has 0 aliphatic rings. The van der Waals surface area contributed by atoms with Crippen LogP contribution in [0.1, 0.15) is 35.0 Å². The summed E-state index contributed by atoms with van der Waals surface area (Å²) >= 11 is 0. The highest BCUT2D eigenvalue weighted by atomic mass is 19.3. The fourth-order valence-electron chi connectivity index (χ4n) is 3.08. The van der Waals surface area contributed by atoms with E-state index in [1.165, 1.54) is 12.3 Å². The number of hydrogen-bond donors (Lipinski definition) is 1. The van der Waals surface area contributed by atoms with E-state index < -0.39 is 12.3 Å². The normalized spacial score (nSPS) is 11.2. The summed E-state index contributed by atoms with van der Waals surface area (Å²) in [7, 11) is 0. The van der Waals surface area contributed by atoms with E-state index in [1.54, 1.807) is 36.4 Å². The molecule has 0 aliphatic heterocycles. The Hall–Kier alpha value is -3.61. The molecule has 146 valence electrons. The highest BCUT2D eigenvalue weighted by Gasteiger charge is 2.21. The van der Waals surface area contributed by atoms with Crippen molar-refractivity contribution < 1.29 is 13.6 Å². The van der Waals surface area contributed by atoms with Crippen molar-refractivity contribution >= 4 is 17.2 Å². The number of hydrogen-bond acceptors (Lipinski definition) is 3. The van der Waals surface area contributed by atoms with Gasteiger partial charge in [-0.2, -0.15) is 5.10 Å². The van der Waals surface area contributed by atoms with Crippen LogP contribution in [-0.2, 0) is 6.42 Å². The molecule has 0 atom stereocenters. The number of benzene rings is 2. The molecule has 0 saturated heterocycles. The smallest absolute Gasteiger partial charge is 0.280 e. The molecule has 5 nitrogen and oxygen atoms in total. The van der Waals surface area contributed by atoms with Gasteiger partial charge in [0, 0.05) is 11.3 Å². The maximum Gasteiger partial charge on any atom is 0.280 e. The molecular formula is C22H18F2N4O. The van der Waals surface area contributed by atoms with Crippen molar-refractivity contribution in [1.29, 1.82) is 0 Å². The largest absolute Gasteiger partial charge is 0.322 e. The fraction of sp³-hybridized carbons (Fsp3) is 0.136. The van der Waals surface area contributed by atoms with Gasteiger partial charge in [0.15, 0.2) is 5.65 Å². The van der Waals surface area contributed by atoms with E-state index in [2.05, 4.69) is 15.4 Å². The monoisotopic (exact) mass is 392 g/mol. The molecule has 0 fully saturated rings. The van der Waals surface area contributed by atoms with E-state index in [9.17, 15) is 13.6 Å². The van der Waals surface area contributed by atoms with Gasteiger partial charge in [-0.1, -0.05) is 49.4 Å². The van der Waals surface area contributed by atoms with Crippen molar-refractivity contribution in [3.63, 3.8) is 0 Å². The Kier molecular flexibility index (Phi) is 5.03. The van der Waals surface area contributed by atoms with Crippen LogP contribution in [0.5, 0.6) is 0 Å². The van der Waals surface area contributed by atoms with E-state index in [4.69, 9.17) is 0 Å². The van der Waals surface area contributed by atoms with Gasteiger partial charge in [0.2, 0.25) is 0 Å². The van der Waals surface area contributed by atoms with Crippen molar-refractivity contribution in [3.05, 3.63) is 83.7 Å². The zero-order valence-electron chi connectivity index (χ0n) is 15.6. The third-order valence-corrected chi connectivity index (χ3v) is 4.66. The molecule has 0 bridgehead atoms. The molecule has 2 heterocycles. The molecule has 0 aliphatic carbocycles. The zero-order chi connectivity index (χ0) is 20.4. The quantitative estimate of drug-likeness (QED) is 0.511. The Bertz CT molecular complexity index is 1150. The van der Waals surface area contributed by atoms with Crippen molar-refractivity contribution in [2.24, 2.45) is 0 Å². The van der Waals surface area contributed by atoms with Crippen LogP contribution in [0.2, 0.25) is 0 Å². The lowest BCUT2D eigenvalue weighted by atomic mass is 10.1. The summed E-state index contributed by atoms with van der Waals surface area (Å²) in [6.07, 6.45) is -0.607. The van der Waals surface area contributed by atoms with Crippen molar-refractivity contribution in [2.45, 2.75) is 19.8 Å². The van der Waals surface area contributed by atoms with Crippen LogP contribution in [0.3, 0.4) is 0 Å². The Labute approximate surface area is 166 Å². The van der Waals surface area contributed by atoms with E-state index in [0.29, 0.717) is 16.9 Å². The first-order valence-corrected chi connectivity index (χ1v) is 9.19. The Morgan fingerprint density at radius 1 is 1.10 bits per heavy atom. The highest BCUT2D eigenvalue weighted by Crippen LogP contribution is 2.27. The van der Waals surface area contributed by atoms with Gasteiger partial charge < -0.3 is 5.32 Å². The molecule has 0 spiro atoms. The van der Waals surface area contributed by atoms with Crippen LogP contribution in [0.15, 0.2) is 66.9 Å². The van der Waals surface area contributed by atoms with Crippen molar-refractivity contribution in [2.75, 3.05) is 5.32 Å². The first-order chi connectivity index (χ1) is 14.1. The molecule has 4 aromatic rings. The number of alkyl halides is 2. The Morgan fingerprint density at radius 3 is 2.48 bits per heavy atom. The predicted molar refractivity (Wildman–Crippen MR) is 107 cm³/mol. The number of rotatable bonds is 5. The maximum absolute atomic E-state index is 13.6. The molecule has 0 saturated carbocycles. The molecule has 0 radical (unpaired) electrons. The second kappa shape index (κ2) is 7.79. The van der Waals surface area contributed by atoms with E-state index >= 15 is 0 Å². The minimum atomic E-state index is -2.76. The van der Waals surface area contributed by atoms with E-state index in [1.807, 2.05) is 25.1 Å².